The molecular weight excluding hydrogens is 466 g/mol. The van der Waals surface area contributed by atoms with Crippen LogP contribution in [-0.4, -0.2) is 42.5 Å². The van der Waals surface area contributed by atoms with E-state index in [2.05, 4.69) is 10.3 Å². The molecule has 2 aromatic heterocycles. The van der Waals surface area contributed by atoms with Crippen LogP contribution in [-0.2, 0) is 21.4 Å². The molecule has 0 radical (unpaired) electrons. The molecule has 1 amide bonds. The quantitative estimate of drug-likeness (QED) is 0.510. The summed E-state index contributed by atoms with van der Waals surface area (Å²) in [4.78, 5) is 29.8. The molecule has 0 spiro atoms. The van der Waals surface area contributed by atoms with E-state index in [0.29, 0.717) is 24.9 Å². The molecule has 1 N–H and O–H groups in total. The average molecular weight is 490 g/mol. The molecule has 1 aliphatic rings. The lowest BCUT2D eigenvalue weighted by Crippen LogP contribution is -2.42. The van der Waals surface area contributed by atoms with Gasteiger partial charge in [-0.3, -0.25) is 9.59 Å². The molecule has 10 heteroatoms. The highest BCUT2D eigenvalue weighted by Gasteiger charge is 2.32. The van der Waals surface area contributed by atoms with Crippen molar-refractivity contribution in [3.05, 3.63) is 58.4 Å². The van der Waals surface area contributed by atoms with Crippen LogP contribution in [0.5, 0.6) is 0 Å². The summed E-state index contributed by atoms with van der Waals surface area (Å²) in [5.41, 5.74) is 1.29. The highest BCUT2D eigenvalue weighted by Crippen LogP contribution is 2.28. The van der Waals surface area contributed by atoms with Crippen LogP contribution in [0.4, 0.5) is 0 Å². The monoisotopic (exact) mass is 489 g/mol. The number of aromatic nitrogens is 1. The van der Waals surface area contributed by atoms with Gasteiger partial charge >= 0.3 is 0 Å². The molecule has 1 aliphatic heterocycles. The van der Waals surface area contributed by atoms with E-state index >= 15 is 0 Å². The predicted octanol–water partition coefficient (Wildman–Crippen LogP) is 3.79. The lowest BCUT2D eigenvalue weighted by Gasteiger charge is -2.30. The summed E-state index contributed by atoms with van der Waals surface area (Å²) in [5.74, 6) is -0.406. The number of benzene rings is 1. The fraction of sp³-hybridized carbons (Fsp3) is 0.318. The van der Waals surface area contributed by atoms with Gasteiger partial charge in [0.25, 0.3) is 0 Å². The molecule has 3 heterocycles. The number of sulfonamides is 1. The van der Waals surface area contributed by atoms with Gasteiger partial charge in [-0.25, -0.2) is 13.4 Å². The fourth-order valence-corrected chi connectivity index (χ4v) is 6.70. The Bertz CT molecular complexity index is 1190. The third kappa shape index (κ3) is 4.98. The third-order valence-electron chi connectivity index (χ3n) is 5.45. The fourth-order valence-electron chi connectivity index (χ4n) is 3.59. The zero-order valence-corrected chi connectivity index (χ0v) is 19.9. The Kier molecular flexibility index (Phi) is 6.85. The summed E-state index contributed by atoms with van der Waals surface area (Å²) in [7, 11) is -3.65. The van der Waals surface area contributed by atoms with Crippen LogP contribution in [0.3, 0.4) is 0 Å². The first-order chi connectivity index (χ1) is 15.3. The Balaban J connectivity index is 1.30. The van der Waals surface area contributed by atoms with Gasteiger partial charge < -0.3 is 5.32 Å². The molecule has 1 aromatic carbocycles. The van der Waals surface area contributed by atoms with Crippen LogP contribution >= 0.6 is 22.7 Å². The summed E-state index contributed by atoms with van der Waals surface area (Å²) in [6.07, 6.45) is 0.933. The molecular formula is C22H23N3O4S3. The SMILES string of the molecule is CC(=O)c1ccc(S(=O)(=O)N2CCC(C(=O)NCc3csc(-c4cccs4)n3)CC2)cc1. The van der Waals surface area contributed by atoms with Gasteiger partial charge in [0.2, 0.25) is 15.9 Å². The number of nitrogens with zero attached hydrogens (tertiary/aromatic N) is 2. The van der Waals surface area contributed by atoms with Crippen LogP contribution < -0.4 is 5.32 Å². The van der Waals surface area contributed by atoms with Gasteiger partial charge in [0.1, 0.15) is 5.01 Å². The van der Waals surface area contributed by atoms with E-state index in [4.69, 9.17) is 0 Å². The summed E-state index contributed by atoms with van der Waals surface area (Å²) in [6.45, 7) is 2.38. The number of thiazole rings is 1. The van der Waals surface area contributed by atoms with Crippen molar-refractivity contribution < 1.29 is 18.0 Å². The van der Waals surface area contributed by atoms with Crippen LogP contribution in [0.15, 0.2) is 52.1 Å². The van der Waals surface area contributed by atoms with Crippen molar-refractivity contribution in [2.24, 2.45) is 5.92 Å². The number of ketones is 1. The number of piperidine rings is 1. The van der Waals surface area contributed by atoms with E-state index in [-0.39, 0.29) is 35.6 Å². The Morgan fingerprint density at radius 2 is 1.84 bits per heavy atom. The van der Waals surface area contributed by atoms with Crippen molar-refractivity contribution in [1.29, 1.82) is 0 Å². The normalized spacial score (nSPS) is 15.5. The maximum atomic E-state index is 12.9. The number of hydrogen-bond acceptors (Lipinski definition) is 7. The second-order valence-electron chi connectivity index (χ2n) is 7.60. The number of thiophene rings is 1. The van der Waals surface area contributed by atoms with E-state index in [1.54, 1.807) is 22.7 Å². The molecule has 0 atom stereocenters. The van der Waals surface area contributed by atoms with Gasteiger partial charge in [0, 0.05) is 30.0 Å². The average Bonchev–Trinajstić information content (AvgIpc) is 3.49. The highest BCUT2D eigenvalue weighted by molar-refractivity contribution is 7.89. The predicted molar refractivity (Wildman–Crippen MR) is 125 cm³/mol. The number of Topliss-reactive ketones (excluding diaryl/α,β-unsaturated/α-hetero) is 1. The summed E-state index contributed by atoms with van der Waals surface area (Å²) in [5, 5.41) is 7.83. The number of carbonyl (C=O) groups excluding carboxylic acids is 2. The number of amides is 1. The Morgan fingerprint density at radius 3 is 2.47 bits per heavy atom. The van der Waals surface area contributed by atoms with E-state index in [9.17, 15) is 18.0 Å². The van der Waals surface area contributed by atoms with Crippen LogP contribution in [0, 0.1) is 5.92 Å². The van der Waals surface area contributed by atoms with Gasteiger partial charge in [-0.15, -0.1) is 22.7 Å². The minimum Gasteiger partial charge on any atom is -0.350 e. The minimum absolute atomic E-state index is 0.0708. The standard InChI is InChI=1S/C22H23N3O4S3/c1-15(26)16-4-6-19(7-5-16)32(28,29)25-10-8-17(9-11-25)21(27)23-13-18-14-31-22(24-18)20-3-2-12-30-20/h2-7,12,14,17H,8-11,13H2,1H3,(H,23,27). The van der Waals surface area contributed by atoms with Crippen LogP contribution in [0.25, 0.3) is 9.88 Å². The third-order valence-corrected chi connectivity index (χ3v) is 9.29. The van der Waals surface area contributed by atoms with Crippen LogP contribution in [0.1, 0.15) is 35.8 Å². The number of carbonyl (C=O) groups is 2. The van der Waals surface area contributed by atoms with E-state index < -0.39 is 10.0 Å². The molecule has 168 valence electrons. The minimum atomic E-state index is -3.65. The first-order valence-corrected chi connectivity index (χ1v) is 13.4. The van der Waals surface area contributed by atoms with Gasteiger partial charge in [-0.1, -0.05) is 18.2 Å². The molecule has 32 heavy (non-hydrogen) atoms. The largest absolute Gasteiger partial charge is 0.350 e. The lowest BCUT2D eigenvalue weighted by atomic mass is 9.97. The van der Waals surface area contributed by atoms with E-state index in [1.165, 1.54) is 35.5 Å². The summed E-state index contributed by atoms with van der Waals surface area (Å²) in [6, 6.07) is 9.98. The highest BCUT2D eigenvalue weighted by atomic mass is 32.2. The van der Waals surface area contributed by atoms with Gasteiger partial charge in [0.15, 0.2) is 5.78 Å². The topological polar surface area (TPSA) is 96.4 Å². The lowest BCUT2D eigenvalue weighted by molar-refractivity contribution is -0.126. The van der Waals surface area contributed by atoms with Crippen molar-refractivity contribution in [3.63, 3.8) is 0 Å². The second kappa shape index (κ2) is 9.62. The molecule has 0 unspecified atom stereocenters. The van der Waals surface area contributed by atoms with Gasteiger partial charge in [0.05, 0.1) is 22.0 Å². The number of rotatable bonds is 7. The van der Waals surface area contributed by atoms with Crippen LogP contribution in [0.2, 0.25) is 0 Å². The molecule has 4 rings (SSSR count). The molecule has 0 bridgehead atoms. The molecule has 1 saturated heterocycles. The van der Waals surface area contributed by atoms with Crippen molar-refractivity contribution >= 4 is 44.4 Å². The number of hydrogen-bond donors (Lipinski definition) is 1. The van der Waals surface area contributed by atoms with Crippen molar-refractivity contribution in [2.45, 2.75) is 31.2 Å². The van der Waals surface area contributed by atoms with E-state index in [0.717, 1.165) is 15.6 Å². The smallest absolute Gasteiger partial charge is 0.243 e. The van der Waals surface area contributed by atoms with Gasteiger partial charge in [-0.2, -0.15) is 4.31 Å². The maximum absolute atomic E-state index is 12.9. The number of nitrogens with one attached hydrogen (secondary N) is 1. The summed E-state index contributed by atoms with van der Waals surface area (Å²) >= 11 is 3.18. The molecule has 3 aromatic rings. The van der Waals surface area contributed by atoms with Crippen molar-refractivity contribution in [1.82, 2.24) is 14.6 Å². The van der Waals surface area contributed by atoms with Gasteiger partial charge in [-0.05, 0) is 43.3 Å². The zero-order valence-electron chi connectivity index (χ0n) is 17.5. The zero-order chi connectivity index (χ0) is 22.7. The maximum Gasteiger partial charge on any atom is 0.243 e. The second-order valence-corrected chi connectivity index (χ2v) is 11.3. The molecule has 1 fully saturated rings. The first kappa shape index (κ1) is 22.8. The Hall–Kier alpha value is -2.40. The first-order valence-electron chi connectivity index (χ1n) is 10.2. The van der Waals surface area contributed by atoms with E-state index in [1.807, 2.05) is 22.9 Å². The van der Waals surface area contributed by atoms with Crippen molar-refractivity contribution in [3.8, 4) is 9.88 Å². The Morgan fingerprint density at radius 1 is 1.12 bits per heavy atom. The molecule has 7 nitrogen and oxygen atoms in total. The molecule has 0 saturated carbocycles. The Labute approximate surface area is 195 Å². The van der Waals surface area contributed by atoms with Crippen molar-refractivity contribution in [2.75, 3.05) is 13.1 Å². The summed E-state index contributed by atoms with van der Waals surface area (Å²) < 4.78 is 27.2. The molecule has 0 aliphatic carbocycles.